The lowest BCUT2D eigenvalue weighted by Crippen LogP contribution is -2.30. The Labute approximate surface area is 254 Å². The Balaban J connectivity index is 1.47. The number of ether oxygens (including phenoxy) is 1. The van der Waals surface area contributed by atoms with Crippen LogP contribution in [0.5, 0.6) is 5.75 Å². The lowest BCUT2D eigenvalue weighted by atomic mass is 10.1. The average molecular weight is 600 g/mol. The van der Waals surface area contributed by atoms with Crippen molar-refractivity contribution >= 4 is 58.5 Å². The van der Waals surface area contributed by atoms with Crippen LogP contribution in [-0.2, 0) is 9.59 Å². The van der Waals surface area contributed by atoms with Crippen LogP contribution >= 0.6 is 23.4 Å². The maximum Gasteiger partial charge on any atom is 0.272 e. The van der Waals surface area contributed by atoms with Crippen LogP contribution < -0.4 is 20.7 Å². The van der Waals surface area contributed by atoms with Gasteiger partial charge in [0.1, 0.15) is 11.4 Å². The van der Waals surface area contributed by atoms with E-state index in [0.29, 0.717) is 39.9 Å². The molecule has 4 aromatic rings. The van der Waals surface area contributed by atoms with Crippen LogP contribution in [0.25, 0.3) is 6.08 Å². The van der Waals surface area contributed by atoms with E-state index in [4.69, 9.17) is 16.3 Å². The van der Waals surface area contributed by atoms with Crippen LogP contribution in [-0.4, -0.2) is 29.6 Å². The molecule has 4 rings (SSSR count). The Morgan fingerprint density at radius 3 is 2.24 bits per heavy atom. The second-order valence-electron chi connectivity index (χ2n) is 9.06. The predicted molar refractivity (Wildman–Crippen MR) is 170 cm³/mol. The van der Waals surface area contributed by atoms with Gasteiger partial charge >= 0.3 is 0 Å². The van der Waals surface area contributed by atoms with Crippen molar-refractivity contribution in [2.24, 2.45) is 0 Å². The lowest BCUT2D eigenvalue weighted by Gasteiger charge is -2.14. The lowest BCUT2D eigenvalue weighted by molar-refractivity contribution is -0.115. The quantitative estimate of drug-likeness (QED) is 0.124. The summed E-state index contributed by atoms with van der Waals surface area (Å²) in [6.45, 7) is 4.13. The Bertz CT molecular complexity index is 1580. The topological polar surface area (TPSA) is 96.5 Å². The van der Waals surface area contributed by atoms with Crippen molar-refractivity contribution in [1.29, 1.82) is 0 Å². The molecule has 3 amide bonds. The molecule has 0 radical (unpaired) electrons. The van der Waals surface area contributed by atoms with Crippen LogP contribution in [0.2, 0.25) is 5.02 Å². The molecule has 9 heteroatoms. The highest BCUT2D eigenvalue weighted by molar-refractivity contribution is 8.00. The number of benzene rings is 4. The molecule has 0 aliphatic carbocycles. The molecule has 0 aromatic heterocycles. The molecule has 0 saturated heterocycles. The summed E-state index contributed by atoms with van der Waals surface area (Å²) in [7, 11) is 0. The zero-order valence-electron chi connectivity index (χ0n) is 23.1. The number of anilines is 2. The molecule has 0 spiro atoms. The number of rotatable bonds is 11. The van der Waals surface area contributed by atoms with Gasteiger partial charge < -0.3 is 20.7 Å². The first-order valence-electron chi connectivity index (χ1n) is 13.3. The molecule has 3 N–H and O–H groups in total. The van der Waals surface area contributed by atoms with E-state index in [1.807, 2.05) is 43.3 Å². The molecule has 0 saturated carbocycles. The third-order valence-corrected chi connectivity index (χ3v) is 7.42. The summed E-state index contributed by atoms with van der Waals surface area (Å²) in [6.07, 6.45) is 1.59. The monoisotopic (exact) mass is 599 g/mol. The number of nitrogens with one attached hydrogen (secondary N) is 3. The first-order chi connectivity index (χ1) is 20.3. The minimum atomic E-state index is -0.501. The van der Waals surface area contributed by atoms with Crippen molar-refractivity contribution in [3.8, 4) is 5.75 Å². The predicted octanol–water partition coefficient (Wildman–Crippen LogP) is 7.27. The molecule has 0 aliphatic rings. The van der Waals surface area contributed by atoms with E-state index in [0.717, 1.165) is 4.90 Å². The van der Waals surface area contributed by atoms with E-state index in [2.05, 4.69) is 16.0 Å². The summed E-state index contributed by atoms with van der Waals surface area (Å²) in [6, 6.07) is 30.1. The molecule has 4 aromatic carbocycles. The van der Waals surface area contributed by atoms with Gasteiger partial charge in [0.15, 0.2) is 0 Å². The van der Waals surface area contributed by atoms with Crippen LogP contribution in [0.3, 0.4) is 0 Å². The molecule has 0 aliphatic heterocycles. The highest BCUT2D eigenvalue weighted by atomic mass is 35.5. The number of thioether (sulfide) groups is 1. The molecule has 0 heterocycles. The summed E-state index contributed by atoms with van der Waals surface area (Å²) in [5, 5.41) is 8.51. The molecule has 0 bridgehead atoms. The summed E-state index contributed by atoms with van der Waals surface area (Å²) in [4.78, 5) is 39.9. The van der Waals surface area contributed by atoms with Gasteiger partial charge in [0.05, 0.1) is 22.6 Å². The average Bonchev–Trinajstić information content (AvgIpc) is 3.00. The minimum absolute atomic E-state index is 0.0549. The van der Waals surface area contributed by atoms with E-state index in [-0.39, 0.29) is 11.6 Å². The number of carbonyl (C=O) groups excluding carboxylic acids is 3. The van der Waals surface area contributed by atoms with E-state index < -0.39 is 17.1 Å². The van der Waals surface area contributed by atoms with Crippen molar-refractivity contribution in [2.75, 3.05) is 17.2 Å². The van der Waals surface area contributed by atoms with Crippen molar-refractivity contribution in [3.05, 3.63) is 125 Å². The fourth-order valence-electron chi connectivity index (χ4n) is 3.85. The first-order valence-corrected chi connectivity index (χ1v) is 14.5. The van der Waals surface area contributed by atoms with Crippen LogP contribution in [0.15, 0.2) is 114 Å². The highest BCUT2D eigenvalue weighted by Crippen LogP contribution is 2.27. The smallest absolute Gasteiger partial charge is 0.272 e. The van der Waals surface area contributed by atoms with Crippen molar-refractivity contribution in [3.63, 3.8) is 0 Å². The summed E-state index contributed by atoms with van der Waals surface area (Å²) in [5.41, 5.74) is 2.20. The Kier molecular flexibility index (Phi) is 10.8. The fraction of sp³-hybridized carbons (Fsp3) is 0.121. The third kappa shape index (κ3) is 8.49. The second-order valence-corrected chi connectivity index (χ2v) is 10.9. The van der Waals surface area contributed by atoms with Gasteiger partial charge in [-0.1, -0.05) is 60.1 Å². The Morgan fingerprint density at radius 1 is 0.857 bits per heavy atom. The van der Waals surface area contributed by atoms with Gasteiger partial charge in [-0.05, 0) is 74.5 Å². The largest absolute Gasteiger partial charge is 0.493 e. The van der Waals surface area contributed by atoms with Gasteiger partial charge in [-0.15, -0.1) is 11.8 Å². The number of carbonyl (C=O) groups is 3. The molecule has 0 fully saturated rings. The van der Waals surface area contributed by atoms with Crippen LogP contribution in [0.1, 0.15) is 29.8 Å². The normalized spacial score (nSPS) is 11.7. The molecule has 1 atom stereocenters. The van der Waals surface area contributed by atoms with Gasteiger partial charge in [0, 0.05) is 21.7 Å². The number of para-hydroxylation sites is 2. The van der Waals surface area contributed by atoms with Crippen LogP contribution in [0.4, 0.5) is 11.4 Å². The van der Waals surface area contributed by atoms with Gasteiger partial charge in [-0.25, -0.2) is 0 Å². The van der Waals surface area contributed by atoms with Gasteiger partial charge in [-0.2, -0.15) is 0 Å². The minimum Gasteiger partial charge on any atom is -0.493 e. The zero-order chi connectivity index (χ0) is 29.9. The van der Waals surface area contributed by atoms with Gasteiger partial charge in [-0.3, -0.25) is 14.4 Å². The summed E-state index contributed by atoms with van der Waals surface area (Å²) in [5.74, 6) is -0.504. The maximum atomic E-state index is 13.4. The van der Waals surface area contributed by atoms with Crippen molar-refractivity contribution in [1.82, 2.24) is 5.32 Å². The molecule has 7 nitrogen and oxygen atoms in total. The number of amides is 3. The van der Waals surface area contributed by atoms with Gasteiger partial charge in [0.25, 0.3) is 11.8 Å². The van der Waals surface area contributed by atoms with E-state index in [9.17, 15) is 14.4 Å². The number of hydrogen-bond donors (Lipinski definition) is 3. The molecule has 1 unspecified atom stereocenters. The van der Waals surface area contributed by atoms with Gasteiger partial charge in [0.2, 0.25) is 5.91 Å². The third-order valence-electron chi connectivity index (χ3n) is 5.97. The number of hydrogen-bond acceptors (Lipinski definition) is 5. The van der Waals surface area contributed by atoms with Crippen molar-refractivity contribution in [2.45, 2.75) is 24.0 Å². The molecular formula is C33H30ClN3O4S. The van der Waals surface area contributed by atoms with E-state index in [1.165, 1.54) is 11.8 Å². The second kappa shape index (κ2) is 14.9. The molecular weight excluding hydrogens is 570 g/mol. The molecule has 42 heavy (non-hydrogen) atoms. The Hall–Kier alpha value is -4.53. The summed E-state index contributed by atoms with van der Waals surface area (Å²) < 4.78 is 5.70. The first kappa shape index (κ1) is 30.4. The Morgan fingerprint density at radius 2 is 1.52 bits per heavy atom. The van der Waals surface area contributed by atoms with E-state index in [1.54, 1.807) is 79.7 Å². The van der Waals surface area contributed by atoms with Crippen LogP contribution in [0, 0.1) is 0 Å². The number of halogens is 1. The van der Waals surface area contributed by atoms with Crippen molar-refractivity contribution < 1.29 is 19.1 Å². The zero-order valence-corrected chi connectivity index (χ0v) is 24.7. The standard InChI is InChI=1S/C33H30ClN3O4S/c1-3-41-30-16-10-7-13-24(30)21-29(37-32(39)23-11-5-4-6-12-23)33(40)35-25-17-19-26(20-18-25)42-22(2)31(38)36-28-15-9-8-14-27(28)34/h4-22H,3H2,1-2H3,(H,35,40)(H,36,38)(H,37,39)/b29-21-. The molecule has 214 valence electrons. The fourth-order valence-corrected chi connectivity index (χ4v) is 4.90. The highest BCUT2D eigenvalue weighted by Gasteiger charge is 2.18. The van der Waals surface area contributed by atoms with E-state index >= 15 is 0 Å². The SMILES string of the molecule is CCOc1ccccc1/C=C(\NC(=O)c1ccccc1)C(=O)Nc1ccc(SC(C)C(=O)Nc2ccccc2Cl)cc1. The summed E-state index contributed by atoms with van der Waals surface area (Å²) >= 11 is 7.53. The maximum absolute atomic E-state index is 13.4.